The van der Waals surface area contributed by atoms with Crippen molar-refractivity contribution in [1.82, 2.24) is 15.1 Å². The lowest BCUT2D eigenvalue weighted by Crippen LogP contribution is -2.36. The van der Waals surface area contributed by atoms with Gasteiger partial charge in [0, 0.05) is 24.8 Å². The Kier molecular flexibility index (Phi) is 5.30. The Morgan fingerprint density at radius 2 is 1.95 bits per heavy atom. The van der Waals surface area contributed by atoms with E-state index in [9.17, 15) is 9.59 Å². The number of hydrogen-bond donors (Lipinski definition) is 2. The topological polar surface area (TPSA) is 84.2 Å². The van der Waals surface area contributed by atoms with E-state index in [0.29, 0.717) is 0 Å². The van der Waals surface area contributed by atoms with Gasteiger partial charge in [-0.3, -0.25) is 14.3 Å². The lowest BCUT2D eigenvalue weighted by atomic mass is 9.96. The lowest BCUT2D eigenvalue weighted by Gasteiger charge is -2.16. The Balaban J connectivity index is 2.62. The lowest BCUT2D eigenvalue weighted by molar-refractivity contribution is -0.143. The maximum atomic E-state index is 11.9. The zero-order valence-corrected chi connectivity index (χ0v) is 12.7. The maximum absolute atomic E-state index is 11.9. The smallest absolute Gasteiger partial charge is 0.308 e. The van der Waals surface area contributed by atoms with Crippen molar-refractivity contribution in [2.45, 2.75) is 34.1 Å². The molecule has 1 amide bonds. The van der Waals surface area contributed by atoms with Crippen molar-refractivity contribution >= 4 is 11.9 Å². The number of carbonyl (C=O) groups excluding carboxylic acids is 1. The van der Waals surface area contributed by atoms with Crippen LogP contribution in [-0.2, 0) is 23.1 Å². The molecule has 0 aliphatic carbocycles. The number of carbonyl (C=O) groups is 2. The van der Waals surface area contributed by atoms with Crippen LogP contribution in [0.3, 0.4) is 0 Å². The van der Waals surface area contributed by atoms with Gasteiger partial charge in [-0.25, -0.2) is 0 Å². The summed E-state index contributed by atoms with van der Waals surface area (Å²) in [5.41, 5.74) is 2.69. The Hall–Kier alpha value is -1.85. The quantitative estimate of drug-likeness (QED) is 0.816. The van der Waals surface area contributed by atoms with Crippen molar-refractivity contribution in [3.8, 4) is 0 Å². The molecule has 1 rings (SSSR count). The molecule has 0 saturated heterocycles. The van der Waals surface area contributed by atoms with Crippen molar-refractivity contribution in [3.63, 3.8) is 0 Å². The molecule has 1 aromatic rings. The fraction of sp³-hybridized carbons (Fsp3) is 0.643. The van der Waals surface area contributed by atoms with Crippen molar-refractivity contribution in [2.24, 2.45) is 18.9 Å². The SMILES string of the molecule is Cc1nn(C)c(C)c1CC(=O)NCC(C(=O)O)C(C)C. The molecule has 6 heteroatoms. The highest BCUT2D eigenvalue weighted by molar-refractivity contribution is 5.80. The van der Waals surface area contributed by atoms with Crippen LogP contribution in [0.1, 0.15) is 30.8 Å². The molecule has 0 aliphatic rings. The minimum atomic E-state index is -0.881. The predicted molar refractivity (Wildman–Crippen MR) is 75.4 cm³/mol. The molecular formula is C14H23N3O3. The van der Waals surface area contributed by atoms with Crippen molar-refractivity contribution in [1.29, 1.82) is 0 Å². The molecule has 20 heavy (non-hydrogen) atoms. The number of amides is 1. The van der Waals surface area contributed by atoms with E-state index in [4.69, 9.17) is 5.11 Å². The molecule has 1 atom stereocenters. The minimum absolute atomic E-state index is 0.0188. The number of nitrogens with zero attached hydrogens (tertiary/aromatic N) is 2. The number of rotatable bonds is 6. The van der Waals surface area contributed by atoms with Crippen LogP contribution in [-0.4, -0.2) is 33.3 Å². The minimum Gasteiger partial charge on any atom is -0.481 e. The Morgan fingerprint density at radius 3 is 2.35 bits per heavy atom. The summed E-state index contributed by atoms with van der Waals surface area (Å²) in [5, 5.41) is 16.0. The van der Waals surface area contributed by atoms with Crippen LogP contribution < -0.4 is 5.32 Å². The standard InChI is InChI=1S/C14H23N3O3/c1-8(2)12(14(19)20)7-15-13(18)6-11-9(3)16-17(5)10(11)4/h8,12H,6-7H2,1-5H3,(H,15,18)(H,19,20). The number of carboxylic acids is 1. The first-order valence-corrected chi connectivity index (χ1v) is 6.72. The third kappa shape index (κ3) is 3.82. The summed E-state index contributed by atoms with van der Waals surface area (Å²) in [5.74, 6) is -1.63. The summed E-state index contributed by atoms with van der Waals surface area (Å²) in [6, 6.07) is 0. The molecule has 1 aromatic heterocycles. The summed E-state index contributed by atoms with van der Waals surface area (Å²) < 4.78 is 1.74. The summed E-state index contributed by atoms with van der Waals surface area (Å²) in [4.78, 5) is 23.0. The van der Waals surface area contributed by atoms with Crippen LogP contribution in [0.25, 0.3) is 0 Å². The molecular weight excluding hydrogens is 258 g/mol. The second-order valence-corrected chi connectivity index (χ2v) is 5.44. The van der Waals surface area contributed by atoms with Gasteiger partial charge in [-0.2, -0.15) is 5.10 Å². The first kappa shape index (κ1) is 16.2. The fourth-order valence-corrected chi connectivity index (χ4v) is 2.13. The molecule has 0 aliphatic heterocycles. The number of hydrogen-bond acceptors (Lipinski definition) is 3. The first-order chi connectivity index (χ1) is 9.23. The molecule has 0 aromatic carbocycles. The van der Waals surface area contributed by atoms with Crippen molar-refractivity contribution in [2.75, 3.05) is 6.54 Å². The van der Waals surface area contributed by atoms with Gasteiger partial charge >= 0.3 is 5.97 Å². The molecule has 0 radical (unpaired) electrons. The second-order valence-electron chi connectivity index (χ2n) is 5.44. The van der Waals surface area contributed by atoms with Crippen LogP contribution in [0.15, 0.2) is 0 Å². The van der Waals surface area contributed by atoms with Crippen LogP contribution in [0.4, 0.5) is 0 Å². The zero-order chi connectivity index (χ0) is 15.4. The summed E-state index contributed by atoms with van der Waals surface area (Å²) in [6.07, 6.45) is 0.232. The number of aromatic nitrogens is 2. The number of aliphatic carboxylic acids is 1. The Morgan fingerprint density at radius 1 is 1.35 bits per heavy atom. The van der Waals surface area contributed by atoms with Crippen LogP contribution in [0.2, 0.25) is 0 Å². The van der Waals surface area contributed by atoms with Gasteiger partial charge < -0.3 is 10.4 Å². The molecule has 1 heterocycles. The first-order valence-electron chi connectivity index (χ1n) is 6.72. The largest absolute Gasteiger partial charge is 0.481 e. The van der Waals surface area contributed by atoms with Crippen LogP contribution in [0.5, 0.6) is 0 Å². The van der Waals surface area contributed by atoms with Crippen LogP contribution in [0, 0.1) is 25.7 Å². The van der Waals surface area contributed by atoms with Gasteiger partial charge in [0.1, 0.15) is 0 Å². The highest BCUT2D eigenvalue weighted by Gasteiger charge is 2.22. The zero-order valence-electron chi connectivity index (χ0n) is 12.7. The van der Waals surface area contributed by atoms with Gasteiger partial charge in [0.15, 0.2) is 0 Å². The van der Waals surface area contributed by atoms with Gasteiger partial charge in [0.05, 0.1) is 18.0 Å². The molecule has 112 valence electrons. The van der Waals surface area contributed by atoms with Gasteiger partial charge in [0.25, 0.3) is 0 Å². The molecule has 6 nitrogen and oxygen atoms in total. The maximum Gasteiger partial charge on any atom is 0.308 e. The van der Waals surface area contributed by atoms with Gasteiger partial charge in [-0.05, 0) is 19.8 Å². The van der Waals surface area contributed by atoms with Crippen molar-refractivity contribution in [3.05, 3.63) is 17.0 Å². The van der Waals surface area contributed by atoms with E-state index in [1.165, 1.54) is 0 Å². The van der Waals surface area contributed by atoms with Crippen LogP contribution >= 0.6 is 0 Å². The van der Waals surface area contributed by atoms with E-state index in [2.05, 4.69) is 10.4 Å². The molecule has 0 saturated carbocycles. The van der Waals surface area contributed by atoms with E-state index >= 15 is 0 Å². The van der Waals surface area contributed by atoms with Gasteiger partial charge in [-0.1, -0.05) is 13.8 Å². The van der Waals surface area contributed by atoms with Gasteiger partial charge in [0.2, 0.25) is 5.91 Å². The molecule has 0 fully saturated rings. The fourth-order valence-electron chi connectivity index (χ4n) is 2.13. The molecule has 0 spiro atoms. The third-order valence-electron chi connectivity index (χ3n) is 3.64. The molecule has 1 unspecified atom stereocenters. The summed E-state index contributed by atoms with van der Waals surface area (Å²) in [6.45, 7) is 7.60. The Labute approximate surface area is 119 Å². The number of aryl methyl sites for hydroxylation is 2. The highest BCUT2D eigenvalue weighted by atomic mass is 16.4. The molecule has 0 bridgehead atoms. The van der Waals surface area contributed by atoms with E-state index in [0.717, 1.165) is 17.0 Å². The van der Waals surface area contributed by atoms with E-state index in [1.807, 2.05) is 34.7 Å². The van der Waals surface area contributed by atoms with E-state index in [-0.39, 0.29) is 24.8 Å². The average molecular weight is 281 g/mol. The number of nitrogens with one attached hydrogen (secondary N) is 1. The summed E-state index contributed by atoms with van der Waals surface area (Å²) >= 11 is 0. The highest BCUT2D eigenvalue weighted by Crippen LogP contribution is 2.13. The third-order valence-corrected chi connectivity index (χ3v) is 3.64. The average Bonchev–Trinajstić information content (AvgIpc) is 2.55. The summed E-state index contributed by atoms with van der Waals surface area (Å²) in [7, 11) is 1.84. The number of carboxylic acid groups (broad SMARTS) is 1. The normalized spacial score (nSPS) is 12.5. The van der Waals surface area contributed by atoms with Gasteiger partial charge in [-0.15, -0.1) is 0 Å². The van der Waals surface area contributed by atoms with Crippen molar-refractivity contribution < 1.29 is 14.7 Å². The Bertz CT molecular complexity index is 506. The second kappa shape index (κ2) is 6.54. The molecule has 2 N–H and O–H groups in total. The monoisotopic (exact) mass is 281 g/mol. The predicted octanol–water partition coefficient (Wildman–Crippen LogP) is 1.05. The van der Waals surface area contributed by atoms with E-state index < -0.39 is 11.9 Å². The van der Waals surface area contributed by atoms with E-state index in [1.54, 1.807) is 4.68 Å².